The fourth-order valence-electron chi connectivity index (χ4n) is 3.10. The Kier molecular flexibility index (Phi) is 4.44. The zero-order chi connectivity index (χ0) is 17.6. The van der Waals surface area contributed by atoms with E-state index in [0.29, 0.717) is 0 Å². The Morgan fingerprint density at radius 3 is 1.75 bits per heavy atom. The molecule has 0 aromatic heterocycles. The number of hydrogen-bond acceptors (Lipinski definition) is 2. The van der Waals surface area contributed by atoms with Gasteiger partial charge < -0.3 is 9.31 Å². The zero-order valence-electron chi connectivity index (χ0n) is 15.0. The summed E-state index contributed by atoms with van der Waals surface area (Å²) in [7, 11) is -0.355. The number of benzene rings is 2. The van der Waals surface area contributed by atoms with E-state index in [1.54, 1.807) is 0 Å². The Bertz CT molecular complexity index is 696. The summed E-state index contributed by atoms with van der Waals surface area (Å²) in [5.74, 6) is 0. The van der Waals surface area contributed by atoms with Crippen LogP contribution in [0, 0.1) is 0 Å². The van der Waals surface area contributed by atoms with Gasteiger partial charge in [0.2, 0.25) is 0 Å². The molecule has 3 rings (SSSR count). The van der Waals surface area contributed by atoms with Crippen LogP contribution >= 0.6 is 15.9 Å². The first-order valence-electron chi connectivity index (χ1n) is 8.34. The van der Waals surface area contributed by atoms with E-state index in [4.69, 9.17) is 9.31 Å². The van der Waals surface area contributed by atoms with E-state index in [9.17, 15) is 0 Å². The molecule has 1 aliphatic rings. The third-order valence-electron chi connectivity index (χ3n) is 5.54. The summed E-state index contributed by atoms with van der Waals surface area (Å²) in [6.45, 7) is 10.6. The van der Waals surface area contributed by atoms with E-state index in [1.165, 1.54) is 11.1 Å². The summed E-state index contributed by atoms with van der Waals surface area (Å²) in [5, 5.41) is -0.396. The molecule has 1 heterocycles. The maximum Gasteiger partial charge on any atom is 0.473 e. The van der Waals surface area contributed by atoms with Crippen LogP contribution in [0.3, 0.4) is 0 Å². The molecule has 2 aromatic rings. The molecule has 126 valence electrons. The normalized spacial score (nSPS) is 21.5. The first-order valence-corrected chi connectivity index (χ1v) is 9.13. The molecule has 0 spiro atoms. The number of hydrogen-bond donors (Lipinski definition) is 0. The molecule has 1 aliphatic heterocycles. The molecular weight excluding hydrogens is 363 g/mol. The minimum absolute atomic E-state index is 0.355. The molecule has 1 saturated heterocycles. The van der Waals surface area contributed by atoms with Crippen molar-refractivity contribution < 1.29 is 9.31 Å². The maximum atomic E-state index is 6.43. The SMILES string of the molecule is CC1(C)OB([C@@](C)(c2ccccc2)c2ccc(Br)cc2)OC1(C)C. The standard InChI is InChI=1S/C20H24BBrO2/c1-18(2)19(3,4)24-21(23-18)20(5,15-9-7-6-8-10-15)16-11-13-17(22)14-12-16/h6-14H,1-5H3/t20-/m0/s1. The minimum Gasteiger partial charge on any atom is -0.402 e. The number of halogens is 1. The summed E-state index contributed by atoms with van der Waals surface area (Å²) in [6.07, 6.45) is 0. The van der Waals surface area contributed by atoms with Crippen molar-refractivity contribution in [3.63, 3.8) is 0 Å². The van der Waals surface area contributed by atoms with Crippen LogP contribution in [0.5, 0.6) is 0 Å². The molecule has 0 aliphatic carbocycles. The first kappa shape index (κ1) is 17.7. The quantitative estimate of drug-likeness (QED) is 0.658. The smallest absolute Gasteiger partial charge is 0.402 e. The van der Waals surface area contributed by atoms with Gasteiger partial charge in [0.15, 0.2) is 0 Å². The van der Waals surface area contributed by atoms with Crippen molar-refractivity contribution in [1.29, 1.82) is 0 Å². The molecule has 24 heavy (non-hydrogen) atoms. The third kappa shape index (κ3) is 2.85. The van der Waals surface area contributed by atoms with Crippen molar-refractivity contribution in [2.24, 2.45) is 0 Å². The van der Waals surface area contributed by atoms with Crippen LogP contribution in [0.1, 0.15) is 45.7 Å². The van der Waals surface area contributed by atoms with Crippen LogP contribution in [0.25, 0.3) is 0 Å². The predicted molar refractivity (Wildman–Crippen MR) is 103 cm³/mol. The van der Waals surface area contributed by atoms with Gasteiger partial charge in [-0.2, -0.15) is 0 Å². The van der Waals surface area contributed by atoms with E-state index in [1.807, 2.05) is 6.07 Å². The first-order chi connectivity index (χ1) is 11.2. The van der Waals surface area contributed by atoms with Gasteiger partial charge in [0.1, 0.15) is 0 Å². The highest BCUT2D eigenvalue weighted by Crippen LogP contribution is 2.46. The Balaban J connectivity index is 2.12. The van der Waals surface area contributed by atoms with Gasteiger partial charge in [-0.25, -0.2) is 0 Å². The Labute approximate surface area is 153 Å². The van der Waals surface area contributed by atoms with Gasteiger partial charge in [-0.05, 0) is 51.0 Å². The molecular formula is C20H24BBrO2. The zero-order valence-corrected chi connectivity index (χ0v) is 16.6. The molecule has 0 amide bonds. The van der Waals surface area contributed by atoms with Crippen LogP contribution in [0.4, 0.5) is 0 Å². The predicted octanol–water partition coefficient (Wildman–Crippen LogP) is 5.39. The Morgan fingerprint density at radius 1 is 0.792 bits per heavy atom. The van der Waals surface area contributed by atoms with Gasteiger partial charge in [0, 0.05) is 4.47 Å². The summed E-state index contributed by atoms with van der Waals surface area (Å²) in [5.41, 5.74) is 1.65. The van der Waals surface area contributed by atoms with Gasteiger partial charge >= 0.3 is 7.12 Å². The monoisotopic (exact) mass is 386 g/mol. The Morgan fingerprint density at radius 2 is 1.25 bits per heavy atom. The molecule has 0 radical (unpaired) electrons. The van der Waals surface area contributed by atoms with Crippen molar-refractivity contribution in [3.8, 4) is 0 Å². The van der Waals surface area contributed by atoms with Gasteiger partial charge in [-0.1, -0.05) is 65.3 Å². The van der Waals surface area contributed by atoms with Crippen molar-refractivity contribution in [2.75, 3.05) is 0 Å². The number of rotatable bonds is 3. The molecule has 4 heteroatoms. The van der Waals surface area contributed by atoms with Crippen LogP contribution in [0.2, 0.25) is 0 Å². The van der Waals surface area contributed by atoms with Gasteiger partial charge in [-0.15, -0.1) is 0 Å². The fraction of sp³-hybridized carbons (Fsp3) is 0.400. The van der Waals surface area contributed by atoms with Gasteiger partial charge in [0.05, 0.1) is 16.5 Å². The van der Waals surface area contributed by atoms with E-state index in [-0.39, 0.29) is 18.3 Å². The molecule has 0 N–H and O–H groups in total. The average Bonchev–Trinajstić information content (AvgIpc) is 2.76. The Hall–Kier alpha value is -1.10. The second-order valence-corrected chi connectivity index (χ2v) is 8.58. The lowest BCUT2D eigenvalue weighted by molar-refractivity contribution is 0.00578. The fourth-order valence-corrected chi connectivity index (χ4v) is 3.36. The van der Waals surface area contributed by atoms with Crippen molar-refractivity contribution in [1.82, 2.24) is 0 Å². The lowest BCUT2D eigenvalue weighted by Gasteiger charge is -2.33. The molecule has 0 bridgehead atoms. The largest absolute Gasteiger partial charge is 0.473 e. The maximum absolute atomic E-state index is 6.43. The second-order valence-electron chi connectivity index (χ2n) is 7.66. The highest BCUT2D eigenvalue weighted by atomic mass is 79.9. The van der Waals surface area contributed by atoms with Gasteiger partial charge in [0.25, 0.3) is 0 Å². The minimum atomic E-state index is -0.396. The van der Waals surface area contributed by atoms with Crippen molar-refractivity contribution in [3.05, 3.63) is 70.2 Å². The summed E-state index contributed by atoms with van der Waals surface area (Å²) < 4.78 is 13.9. The highest BCUT2D eigenvalue weighted by molar-refractivity contribution is 9.10. The van der Waals surface area contributed by atoms with E-state index < -0.39 is 5.31 Å². The average molecular weight is 387 g/mol. The highest BCUT2D eigenvalue weighted by Gasteiger charge is 2.59. The van der Waals surface area contributed by atoms with Crippen molar-refractivity contribution in [2.45, 2.75) is 51.1 Å². The summed E-state index contributed by atoms with van der Waals surface area (Å²) in [4.78, 5) is 0. The summed E-state index contributed by atoms with van der Waals surface area (Å²) in [6, 6.07) is 18.9. The molecule has 2 nitrogen and oxygen atoms in total. The molecule has 1 fully saturated rings. The molecule has 2 aromatic carbocycles. The van der Waals surface area contributed by atoms with E-state index in [0.717, 1.165) is 4.47 Å². The van der Waals surface area contributed by atoms with E-state index in [2.05, 4.69) is 99.1 Å². The van der Waals surface area contributed by atoms with Gasteiger partial charge in [-0.3, -0.25) is 0 Å². The molecule has 0 unspecified atom stereocenters. The lowest BCUT2D eigenvalue weighted by atomic mass is 9.52. The molecule has 0 saturated carbocycles. The van der Waals surface area contributed by atoms with Crippen LogP contribution in [-0.4, -0.2) is 18.3 Å². The van der Waals surface area contributed by atoms with Crippen molar-refractivity contribution >= 4 is 23.0 Å². The van der Waals surface area contributed by atoms with E-state index >= 15 is 0 Å². The lowest BCUT2D eigenvalue weighted by Crippen LogP contribution is -2.44. The molecule has 1 atom stereocenters. The topological polar surface area (TPSA) is 18.5 Å². The van der Waals surface area contributed by atoms with Crippen LogP contribution in [0.15, 0.2) is 59.1 Å². The summed E-state index contributed by atoms with van der Waals surface area (Å²) >= 11 is 3.53. The van der Waals surface area contributed by atoms with Crippen LogP contribution in [-0.2, 0) is 14.6 Å². The third-order valence-corrected chi connectivity index (χ3v) is 6.07. The van der Waals surface area contributed by atoms with Crippen LogP contribution < -0.4 is 0 Å². The second kappa shape index (κ2) is 6.01.